The van der Waals surface area contributed by atoms with Gasteiger partial charge in [-0.2, -0.15) is 0 Å². The number of primary amides is 1. The van der Waals surface area contributed by atoms with E-state index in [9.17, 15) is 18.4 Å². The second-order valence-electron chi connectivity index (χ2n) is 10.9. The van der Waals surface area contributed by atoms with Crippen LogP contribution in [0, 0.1) is 35.5 Å². The fraction of sp³-hybridized carbons (Fsp3) is 0.640. The predicted molar refractivity (Wildman–Crippen MR) is 116 cm³/mol. The van der Waals surface area contributed by atoms with Gasteiger partial charge in [-0.1, -0.05) is 0 Å². The molecular formula is C25H29F2N3O2. The zero-order valence-corrected chi connectivity index (χ0v) is 18.0. The number of fused-ring (bicyclic) bond motifs is 1. The number of pyridine rings is 2. The SMILES string of the molecule is NC(=O)c1nccc2[nH]c([C@@H]3CC(F)(F)CC[C@H]3C3C4CC5CC(C4)CC3C5)cc(=O)c12. The van der Waals surface area contributed by atoms with E-state index in [4.69, 9.17) is 5.73 Å². The number of carbonyl (C=O) groups is 1. The molecule has 4 bridgehead atoms. The van der Waals surface area contributed by atoms with Gasteiger partial charge in [0, 0.05) is 36.7 Å². The number of nitrogens with two attached hydrogens (primary N) is 1. The fourth-order valence-corrected chi connectivity index (χ4v) is 8.23. The molecule has 170 valence electrons. The molecule has 2 aromatic heterocycles. The van der Waals surface area contributed by atoms with Crippen LogP contribution < -0.4 is 11.2 Å². The van der Waals surface area contributed by atoms with Gasteiger partial charge in [-0.25, -0.2) is 8.78 Å². The van der Waals surface area contributed by atoms with Gasteiger partial charge in [-0.05, 0) is 80.1 Å². The number of hydrogen-bond donors (Lipinski definition) is 2. The third kappa shape index (κ3) is 3.19. The van der Waals surface area contributed by atoms with Crippen LogP contribution in [0.15, 0.2) is 23.1 Å². The number of alkyl halides is 2. The monoisotopic (exact) mass is 441 g/mol. The topological polar surface area (TPSA) is 88.8 Å². The summed E-state index contributed by atoms with van der Waals surface area (Å²) in [6.45, 7) is 0. The average Bonchev–Trinajstić information content (AvgIpc) is 2.73. The maximum absolute atomic E-state index is 14.7. The highest BCUT2D eigenvalue weighted by Gasteiger charge is 2.54. The Bertz CT molecular complexity index is 1120. The summed E-state index contributed by atoms with van der Waals surface area (Å²) >= 11 is 0. The summed E-state index contributed by atoms with van der Waals surface area (Å²) in [6.07, 6.45) is 8.00. The Hall–Kier alpha value is -2.31. The lowest BCUT2D eigenvalue weighted by atomic mass is 9.47. The van der Waals surface area contributed by atoms with E-state index in [2.05, 4.69) is 9.97 Å². The Morgan fingerprint density at radius 3 is 2.47 bits per heavy atom. The summed E-state index contributed by atoms with van der Waals surface area (Å²) in [7, 11) is 0. The molecule has 0 unspecified atom stereocenters. The average molecular weight is 442 g/mol. The second-order valence-corrected chi connectivity index (χ2v) is 10.9. The van der Waals surface area contributed by atoms with Crippen molar-refractivity contribution in [2.45, 2.75) is 63.2 Å². The van der Waals surface area contributed by atoms with Crippen molar-refractivity contribution in [1.82, 2.24) is 9.97 Å². The number of aromatic nitrogens is 2. The first kappa shape index (κ1) is 20.3. The van der Waals surface area contributed by atoms with E-state index in [1.165, 1.54) is 44.4 Å². The largest absolute Gasteiger partial charge is 0.364 e. The minimum absolute atomic E-state index is 0.0650. The maximum atomic E-state index is 14.7. The van der Waals surface area contributed by atoms with Crippen LogP contribution >= 0.6 is 0 Å². The number of rotatable bonds is 3. The van der Waals surface area contributed by atoms with Crippen molar-refractivity contribution in [3.8, 4) is 0 Å². The molecule has 2 atom stereocenters. The van der Waals surface area contributed by atoms with Gasteiger partial charge in [-0.3, -0.25) is 14.6 Å². The highest BCUT2D eigenvalue weighted by molar-refractivity contribution is 6.03. The van der Waals surface area contributed by atoms with Crippen LogP contribution in [0.1, 0.15) is 73.5 Å². The molecule has 5 aliphatic rings. The molecule has 7 rings (SSSR count). The molecule has 32 heavy (non-hydrogen) atoms. The number of carbonyl (C=O) groups excluding carboxylic acids is 1. The molecule has 5 nitrogen and oxygen atoms in total. The molecule has 0 radical (unpaired) electrons. The molecule has 2 heterocycles. The molecule has 7 heteroatoms. The van der Waals surface area contributed by atoms with Gasteiger partial charge in [0.1, 0.15) is 5.69 Å². The number of halogens is 2. The number of H-pyrrole nitrogens is 1. The molecule has 5 fully saturated rings. The Kier molecular flexibility index (Phi) is 4.50. The van der Waals surface area contributed by atoms with Crippen LogP contribution in [0.2, 0.25) is 0 Å². The van der Waals surface area contributed by atoms with Gasteiger partial charge in [0.25, 0.3) is 5.91 Å². The zero-order chi connectivity index (χ0) is 22.2. The maximum Gasteiger partial charge on any atom is 0.268 e. The van der Waals surface area contributed by atoms with E-state index in [1.54, 1.807) is 6.07 Å². The molecule has 0 spiro atoms. The first-order valence-electron chi connectivity index (χ1n) is 12.0. The summed E-state index contributed by atoms with van der Waals surface area (Å²) in [5.41, 5.74) is 5.95. The van der Waals surface area contributed by atoms with Crippen molar-refractivity contribution in [1.29, 1.82) is 0 Å². The van der Waals surface area contributed by atoms with Crippen molar-refractivity contribution in [2.75, 3.05) is 0 Å². The van der Waals surface area contributed by atoms with Gasteiger partial charge in [0.2, 0.25) is 5.92 Å². The summed E-state index contributed by atoms with van der Waals surface area (Å²) in [5, 5.41) is 0.137. The van der Waals surface area contributed by atoms with Gasteiger partial charge in [0.15, 0.2) is 5.43 Å². The third-order valence-electron chi connectivity index (χ3n) is 9.07. The lowest BCUT2D eigenvalue weighted by Crippen LogP contribution is -2.50. The van der Waals surface area contributed by atoms with Crippen molar-refractivity contribution in [3.63, 3.8) is 0 Å². The molecule has 1 amide bonds. The number of hydrogen-bond acceptors (Lipinski definition) is 3. The fourth-order valence-electron chi connectivity index (χ4n) is 8.23. The van der Waals surface area contributed by atoms with E-state index >= 15 is 0 Å². The molecule has 2 aromatic rings. The number of amides is 1. The van der Waals surface area contributed by atoms with Crippen LogP contribution in [-0.2, 0) is 0 Å². The minimum Gasteiger partial charge on any atom is -0.364 e. The van der Waals surface area contributed by atoms with Crippen molar-refractivity contribution >= 4 is 16.8 Å². The third-order valence-corrected chi connectivity index (χ3v) is 9.07. The van der Waals surface area contributed by atoms with Crippen LogP contribution in [0.25, 0.3) is 10.9 Å². The zero-order valence-electron chi connectivity index (χ0n) is 18.0. The first-order chi connectivity index (χ1) is 15.3. The van der Waals surface area contributed by atoms with Crippen LogP contribution in [0.3, 0.4) is 0 Å². The summed E-state index contributed by atoms with van der Waals surface area (Å²) < 4.78 is 29.3. The lowest BCUT2D eigenvalue weighted by molar-refractivity contribution is -0.109. The molecule has 5 aliphatic carbocycles. The Labute approximate surface area is 185 Å². The number of aromatic amines is 1. The van der Waals surface area contributed by atoms with Crippen LogP contribution in [-0.4, -0.2) is 21.8 Å². The highest BCUT2D eigenvalue weighted by atomic mass is 19.3. The summed E-state index contributed by atoms with van der Waals surface area (Å²) in [5.74, 6) is -0.304. The molecule has 0 saturated heterocycles. The first-order valence-corrected chi connectivity index (χ1v) is 12.0. The minimum atomic E-state index is -2.73. The van der Waals surface area contributed by atoms with Gasteiger partial charge in [0.05, 0.1) is 10.9 Å². The number of nitrogens with zero attached hydrogens (tertiary/aromatic N) is 1. The second kappa shape index (κ2) is 7.09. The molecule has 5 saturated carbocycles. The van der Waals surface area contributed by atoms with Crippen molar-refractivity contribution in [3.05, 3.63) is 39.9 Å². The standard InChI is InChI=1S/C25H29F2N3O2/c26-25(27)3-1-16(21-14-6-12-5-13(8-14)9-15(21)7-12)17(11-25)19-10-20(31)22-18(30-19)2-4-29-23(22)24(28)32/h2,4,10,12-17,21H,1,3,5-9,11H2,(H2,28,32)(H,30,31)/t12?,13?,14?,15?,16-,17-,21?/m1/s1. The molecule has 0 aliphatic heterocycles. The Morgan fingerprint density at radius 2 is 1.81 bits per heavy atom. The molecular weight excluding hydrogens is 412 g/mol. The summed E-state index contributed by atoms with van der Waals surface area (Å²) in [6, 6.07) is 3.04. The van der Waals surface area contributed by atoms with Crippen molar-refractivity contribution < 1.29 is 13.6 Å². The summed E-state index contributed by atoms with van der Waals surface area (Å²) in [4.78, 5) is 31.9. The Morgan fingerprint density at radius 1 is 1.12 bits per heavy atom. The Balaban J connectivity index is 1.42. The molecule has 0 aromatic carbocycles. The lowest BCUT2D eigenvalue weighted by Gasteiger charge is -2.58. The van der Waals surface area contributed by atoms with Crippen molar-refractivity contribution in [2.24, 2.45) is 41.2 Å². The highest BCUT2D eigenvalue weighted by Crippen LogP contribution is 2.62. The van der Waals surface area contributed by atoms with Gasteiger partial charge >= 0.3 is 0 Å². The van der Waals surface area contributed by atoms with E-state index < -0.39 is 11.8 Å². The van der Waals surface area contributed by atoms with Gasteiger partial charge in [-0.15, -0.1) is 0 Å². The normalized spacial score (nSPS) is 37.6. The quantitative estimate of drug-likeness (QED) is 0.729. The number of nitrogens with one attached hydrogen (secondary N) is 1. The van der Waals surface area contributed by atoms with E-state index in [-0.39, 0.29) is 41.2 Å². The molecule has 3 N–H and O–H groups in total. The van der Waals surface area contributed by atoms with Crippen LogP contribution in [0.4, 0.5) is 8.78 Å². The van der Waals surface area contributed by atoms with Gasteiger partial charge < -0.3 is 10.7 Å². The van der Waals surface area contributed by atoms with E-state index in [0.29, 0.717) is 35.4 Å². The van der Waals surface area contributed by atoms with E-state index in [1.807, 2.05) is 0 Å². The van der Waals surface area contributed by atoms with Crippen LogP contribution in [0.5, 0.6) is 0 Å². The predicted octanol–water partition coefficient (Wildman–Crippen LogP) is 4.61. The van der Waals surface area contributed by atoms with E-state index in [0.717, 1.165) is 11.8 Å². The smallest absolute Gasteiger partial charge is 0.268 e.